The van der Waals surface area contributed by atoms with Gasteiger partial charge in [0, 0.05) is 21.8 Å². The Morgan fingerprint density at radius 2 is 1.74 bits per heavy atom. The average molecular weight is 495 g/mol. The second kappa shape index (κ2) is 8.64. The first-order valence-electron chi connectivity index (χ1n) is 8.50. The minimum absolute atomic E-state index is 0.212. The summed E-state index contributed by atoms with van der Waals surface area (Å²) in [6.45, 7) is 0. The number of aliphatic imine (C=N–C) groups is 1. The van der Waals surface area contributed by atoms with E-state index in [4.69, 9.17) is 34.8 Å². The quantitative estimate of drug-likeness (QED) is 0.407. The van der Waals surface area contributed by atoms with Crippen LogP contribution in [0.1, 0.15) is 5.56 Å². The lowest BCUT2D eigenvalue weighted by Gasteiger charge is -2.09. The molecule has 2 heterocycles. The van der Waals surface area contributed by atoms with Gasteiger partial charge < -0.3 is 5.11 Å². The molecular weight excluding hydrogens is 485 g/mol. The summed E-state index contributed by atoms with van der Waals surface area (Å²) in [6, 6.07) is 11.1. The lowest BCUT2D eigenvalue weighted by Crippen LogP contribution is -2.31. The summed E-state index contributed by atoms with van der Waals surface area (Å²) in [7, 11) is 0. The molecule has 2 aromatic carbocycles. The Labute approximate surface area is 193 Å². The van der Waals surface area contributed by atoms with Crippen molar-refractivity contribution in [1.82, 2.24) is 19.7 Å². The fourth-order valence-electron chi connectivity index (χ4n) is 2.64. The van der Waals surface area contributed by atoms with Crippen LogP contribution in [-0.4, -0.2) is 31.1 Å². The molecule has 12 heteroatoms. The zero-order valence-corrected chi connectivity index (χ0v) is 18.3. The zero-order chi connectivity index (χ0) is 22.1. The Hall–Kier alpha value is -2.98. The van der Waals surface area contributed by atoms with Crippen LogP contribution in [0.2, 0.25) is 15.1 Å². The van der Waals surface area contributed by atoms with E-state index in [0.29, 0.717) is 31.3 Å². The Kier molecular flexibility index (Phi) is 5.92. The summed E-state index contributed by atoms with van der Waals surface area (Å²) in [5.41, 5.74) is -0.897. The topological polar surface area (TPSA) is 113 Å². The van der Waals surface area contributed by atoms with Gasteiger partial charge in [0.05, 0.1) is 10.7 Å². The van der Waals surface area contributed by atoms with Gasteiger partial charge in [-0.05, 0) is 42.5 Å². The number of hydrogen-bond donors (Lipinski definition) is 2. The Morgan fingerprint density at radius 1 is 1.03 bits per heavy atom. The van der Waals surface area contributed by atoms with E-state index in [1.165, 1.54) is 12.1 Å². The number of aromatic nitrogens is 4. The van der Waals surface area contributed by atoms with E-state index in [2.05, 4.69) is 20.2 Å². The van der Waals surface area contributed by atoms with Gasteiger partial charge in [-0.2, -0.15) is 0 Å². The lowest BCUT2D eigenvalue weighted by atomic mass is 10.2. The number of halogens is 3. The Bertz CT molecular complexity index is 1430. The number of aromatic hydroxyl groups is 1. The monoisotopic (exact) mass is 493 g/mol. The molecule has 0 saturated heterocycles. The first kappa shape index (κ1) is 21.3. The van der Waals surface area contributed by atoms with E-state index < -0.39 is 17.1 Å². The Morgan fingerprint density at radius 3 is 2.45 bits per heavy atom. The lowest BCUT2D eigenvalue weighted by molar-refractivity contribution is 0.430. The molecule has 2 aromatic heterocycles. The number of H-pyrrole nitrogens is 1. The molecule has 4 rings (SSSR count). The van der Waals surface area contributed by atoms with Gasteiger partial charge in [-0.25, -0.2) is 14.4 Å². The highest BCUT2D eigenvalue weighted by atomic mass is 35.5. The van der Waals surface area contributed by atoms with Crippen LogP contribution in [0, 0.1) is 0 Å². The van der Waals surface area contributed by atoms with Crippen molar-refractivity contribution in [3.63, 3.8) is 0 Å². The number of benzene rings is 2. The number of nitrogens with zero attached hydrogens (tertiary/aromatic N) is 4. The van der Waals surface area contributed by atoms with E-state index in [0.717, 1.165) is 22.1 Å². The van der Waals surface area contributed by atoms with Crippen LogP contribution in [0.4, 0.5) is 5.13 Å². The molecule has 0 radical (unpaired) electrons. The summed E-state index contributed by atoms with van der Waals surface area (Å²) >= 11 is 19.1. The Balaban J connectivity index is 1.71. The average Bonchev–Trinajstić information content (AvgIpc) is 3.17. The number of hydrogen-bond acceptors (Lipinski definition) is 7. The molecule has 4 aromatic rings. The number of aromatic amines is 1. The molecular formula is C19H10Cl3N5O3S. The maximum Gasteiger partial charge on any atom is 0.335 e. The van der Waals surface area contributed by atoms with Gasteiger partial charge in [0.1, 0.15) is 5.56 Å². The van der Waals surface area contributed by atoms with Crippen molar-refractivity contribution in [3.8, 4) is 22.1 Å². The van der Waals surface area contributed by atoms with Crippen LogP contribution in [0.5, 0.6) is 5.88 Å². The normalized spacial score (nSPS) is 11.3. The van der Waals surface area contributed by atoms with Gasteiger partial charge in [-0.15, -0.1) is 10.2 Å². The molecule has 156 valence electrons. The van der Waals surface area contributed by atoms with Crippen molar-refractivity contribution in [2.45, 2.75) is 0 Å². The molecule has 31 heavy (non-hydrogen) atoms. The van der Waals surface area contributed by atoms with E-state index in [1.807, 2.05) is 0 Å². The molecule has 0 fully saturated rings. The second-order valence-electron chi connectivity index (χ2n) is 6.08. The van der Waals surface area contributed by atoms with Gasteiger partial charge in [-0.1, -0.05) is 46.1 Å². The zero-order valence-electron chi connectivity index (χ0n) is 15.2. The number of rotatable bonds is 4. The van der Waals surface area contributed by atoms with Crippen LogP contribution >= 0.6 is 46.1 Å². The van der Waals surface area contributed by atoms with Crippen LogP contribution < -0.4 is 11.2 Å². The van der Waals surface area contributed by atoms with Gasteiger partial charge in [-0.3, -0.25) is 9.78 Å². The maximum atomic E-state index is 12.2. The summed E-state index contributed by atoms with van der Waals surface area (Å²) < 4.78 is 0.929. The van der Waals surface area contributed by atoms with Gasteiger partial charge >= 0.3 is 5.69 Å². The summed E-state index contributed by atoms with van der Waals surface area (Å²) in [5.74, 6) is -0.578. The molecule has 0 spiro atoms. The fraction of sp³-hybridized carbons (Fsp3) is 0. The molecule has 0 atom stereocenters. The first-order chi connectivity index (χ1) is 14.8. The predicted molar refractivity (Wildman–Crippen MR) is 122 cm³/mol. The highest BCUT2D eigenvalue weighted by Crippen LogP contribution is 2.34. The first-order valence-corrected chi connectivity index (χ1v) is 10.5. The van der Waals surface area contributed by atoms with Gasteiger partial charge in [0.15, 0.2) is 5.01 Å². The third-order valence-electron chi connectivity index (χ3n) is 4.09. The second-order valence-corrected chi connectivity index (χ2v) is 8.32. The van der Waals surface area contributed by atoms with Crippen molar-refractivity contribution in [2.75, 3.05) is 0 Å². The third-order valence-corrected chi connectivity index (χ3v) is 5.75. The highest BCUT2D eigenvalue weighted by molar-refractivity contribution is 7.18. The minimum Gasteiger partial charge on any atom is -0.493 e. The van der Waals surface area contributed by atoms with E-state index in [9.17, 15) is 14.7 Å². The molecule has 0 aliphatic heterocycles. The van der Waals surface area contributed by atoms with Gasteiger partial charge in [0.2, 0.25) is 11.0 Å². The molecule has 0 bridgehead atoms. The van der Waals surface area contributed by atoms with Crippen molar-refractivity contribution in [1.29, 1.82) is 0 Å². The van der Waals surface area contributed by atoms with Crippen molar-refractivity contribution >= 4 is 57.5 Å². The highest BCUT2D eigenvalue weighted by Gasteiger charge is 2.15. The minimum atomic E-state index is -0.808. The van der Waals surface area contributed by atoms with Crippen LogP contribution in [0.15, 0.2) is 57.0 Å². The van der Waals surface area contributed by atoms with Crippen LogP contribution in [0.25, 0.3) is 16.3 Å². The molecule has 0 unspecified atom stereocenters. The maximum absolute atomic E-state index is 12.2. The molecule has 0 aliphatic rings. The van der Waals surface area contributed by atoms with E-state index in [-0.39, 0.29) is 10.7 Å². The molecule has 8 nitrogen and oxygen atoms in total. The molecule has 0 amide bonds. The molecule has 0 saturated carbocycles. The van der Waals surface area contributed by atoms with Crippen molar-refractivity contribution in [2.24, 2.45) is 4.99 Å². The van der Waals surface area contributed by atoms with E-state index in [1.54, 1.807) is 30.3 Å². The van der Waals surface area contributed by atoms with Gasteiger partial charge in [0.25, 0.3) is 5.56 Å². The summed E-state index contributed by atoms with van der Waals surface area (Å²) in [6.07, 6.45) is 1.10. The molecule has 2 N–H and O–H groups in total. The smallest absolute Gasteiger partial charge is 0.335 e. The number of nitrogens with one attached hydrogen (secondary N) is 1. The third kappa shape index (κ3) is 4.40. The van der Waals surface area contributed by atoms with E-state index >= 15 is 0 Å². The van der Waals surface area contributed by atoms with Crippen LogP contribution in [-0.2, 0) is 0 Å². The SMILES string of the molecule is O=c1[nH]c(=O)n(-c2ccc(Cl)cc2)c(O)c1C=Nc1nnc(-c2ccc(Cl)cc2Cl)s1. The van der Waals surface area contributed by atoms with Crippen molar-refractivity contribution < 1.29 is 5.11 Å². The fourth-order valence-corrected chi connectivity index (χ4v) is 4.05. The summed E-state index contributed by atoms with van der Waals surface area (Å²) in [4.78, 5) is 30.7. The largest absolute Gasteiger partial charge is 0.493 e. The molecule has 0 aliphatic carbocycles. The predicted octanol–water partition coefficient (Wildman–Crippen LogP) is 4.46. The standard InChI is InChI=1S/C19H10Cl3N5O3S/c20-9-1-4-11(5-2-9)27-17(29)13(15(28)24-19(27)30)8-23-18-26-25-16(31-18)12-6-3-10(21)7-14(12)22/h1-8,29H,(H,24,28,30). The van der Waals surface area contributed by atoms with Crippen LogP contribution in [0.3, 0.4) is 0 Å². The summed E-state index contributed by atoms with van der Waals surface area (Å²) in [5, 5.41) is 20.6. The van der Waals surface area contributed by atoms with Crippen molar-refractivity contribution in [3.05, 3.63) is 83.9 Å².